The summed E-state index contributed by atoms with van der Waals surface area (Å²) in [6, 6.07) is 1.18. The Morgan fingerprint density at radius 3 is 2.35 bits per heavy atom. The van der Waals surface area contributed by atoms with Crippen LogP contribution in [0.5, 0.6) is 0 Å². The summed E-state index contributed by atoms with van der Waals surface area (Å²) in [5.41, 5.74) is 0. The van der Waals surface area contributed by atoms with Crippen LogP contribution in [0.2, 0.25) is 0 Å². The second-order valence-electron chi connectivity index (χ2n) is 5.67. The molecule has 100 valence electrons. The molecule has 0 aromatic carbocycles. The highest BCUT2D eigenvalue weighted by molar-refractivity contribution is 5.76. The Balaban J connectivity index is 2.36. The summed E-state index contributed by atoms with van der Waals surface area (Å²) in [7, 11) is 0. The third-order valence-corrected chi connectivity index (χ3v) is 3.52. The molecule has 3 nitrogen and oxygen atoms in total. The molecule has 17 heavy (non-hydrogen) atoms. The van der Waals surface area contributed by atoms with E-state index in [-0.39, 0.29) is 0 Å². The van der Waals surface area contributed by atoms with Crippen LogP contribution >= 0.6 is 0 Å². The number of nitrogens with one attached hydrogen (secondary N) is 1. The lowest BCUT2D eigenvalue weighted by molar-refractivity contribution is -0.135. The van der Waals surface area contributed by atoms with Crippen molar-refractivity contribution in [3.05, 3.63) is 0 Å². The standard InChI is InChI=1S/C14H28N2O/c1-11(2)16(12(3)4)14(17)9-8-13-7-5-6-10-15-13/h11-13,15H,5-10H2,1-4H3/t13-/m0/s1. The number of carbonyl (C=O) groups excluding carboxylic acids is 1. The third kappa shape index (κ3) is 4.66. The maximum absolute atomic E-state index is 12.2. The molecular weight excluding hydrogens is 212 g/mol. The van der Waals surface area contributed by atoms with Crippen molar-refractivity contribution >= 4 is 5.91 Å². The van der Waals surface area contributed by atoms with Gasteiger partial charge in [-0.1, -0.05) is 6.42 Å². The summed E-state index contributed by atoms with van der Waals surface area (Å²) >= 11 is 0. The highest BCUT2D eigenvalue weighted by Gasteiger charge is 2.21. The zero-order valence-electron chi connectivity index (χ0n) is 11.8. The summed E-state index contributed by atoms with van der Waals surface area (Å²) < 4.78 is 0. The molecule has 0 unspecified atom stereocenters. The Kier molecular flexibility index (Phi) is 5.96. The second-order valence-corrected chi connectivity index (χ2v) is 5.67. The van der Waals surface area contributed by atoms with Gasteiger partial charge in [-0.25, -0.2) is 0 Å². The minimum atomic E-state index is 0.307. The van der Waals surface area contributed by atoms with Gasteiger partial charge in [0, 0.05) is 24.5 Å². The van der Waals surface area contributed by atoms with Crippen LogP contribution < -0.4 is 5.32 Å². The monoisotopic (exact) mass is 240 g/mol. The highest BCUT2D eigenvalue weighted by Crippen LogP contribution is 2.14. The van der Waals surface area contributed by atoms with E-state index in [1.807, 2.05) is 4.90 Å². The van der Waals surface area contributed by atoms with E-state index in [2.05, 4.69) is 33.0 Å². The Morgan fingerprint density at radius 1 is 1.24 bits per heavy atom. The summed E-state index contributed by atoms with van der Waals surface area (Å²) in [4.78, 5) is 14.2. The van der Waals surface area contributed by atoms with Gasteiger partial charge in [-0.15, -0.1) is 0 Å². The highest BCUT2D eigenvalue weighted by atomic mass is 16.2. The fourth-order valence-electron chi connectivity index (χ4n) is 2.77. The van der Waals surface area contributed by atoms with Gasteiger partial charge in [-0.2, -0.15) is 0 Å². The smallest absolute Gasteiger partial charge is 0.223 e. The molecular formula is C14H28N2O. The molecule has 1 fully saturated rings. The van der Waals surface area contributed by atoms with Crippen LogP contribution in [0.3, 0.4) is 0 Å². The number of carbonyl (C=O) groups is 1. The van der Waals surface area contributed by atoms with E-state index >= 15 is 0 Å². The molecule has 1 saturated heterocycles. The number of piperidine rings is 1. The second kappa shape index (κ2) is 7.00. The van der Waals surface area contributed by atoms with Gasteiger partial charge in [-0.05, 0) is 53.5 Å². The van der Waals surface area contributed by atoms with Crippen LogP contribution in [0.4, 0.5) is 0 Å². The number of hydrogen-bond donors (Lipinski definition) is 1. The fourth-order valence-corrected chi connectivity index (χ4v) is 2.77. The average molecular weight is 240 g/mol. The van der Waals surface area contributed by atoms with Crippen molar-refractivity contribution in [2.45, 2.75) is 77.9 Å². The van der Waals surface area contributed by atoms with Gasteiger partial charge in [-0.3, -0.25) is 4.79 Å². The zero-order chi connectivity index (χ0) is 12.8. The largest absolute Gasteiger partial charge is 0.338 e. The van der Waals surface area contributed by atoms with Crippen LogP contribution in [0.1, 0.15) is 59.8 Å². The first kappa shape index (κ1) is 14.5. The SMILES string of the molecule is CC(C)N(C(=O)CC[C@@H]1CCCCN1)C(C)C. The van der Waals surface area contributed by atoms with Crippen molar-refractivity contribution in [3.8, 4) is 0 Å². The van der Waals surface area contributed by atoms with Gasteiger partial charge < -0.3 is 10.2 Å². The summed E-state index contributed by atoms with van der Waals surface area (Å²) in [5, 5.41) is 3.50. The minimum absolute atomic E-state index is 0.307. The first-order valence-corrected chi connectivity index (χ1v) is 7.07. The maximum atomic E-state index is 12.2. The van der Waals surface area contributed by atoms with E-state index in [4.69, 9.17) is 0 Å². The Bertz CT molecular complexity index is 224. The normalized spacial score (nSPS) is 20.9. The van der Waals surface area contributed by atoms with E-state index in [0.29, 0.717) is 30.5 Å². The molecule has 0 aromatic rings. The van der Waals surface area contributed by atoms with Crippen molar-refractivity contribution in [1.29, 1.82) is 0 Å². The van der Waals surface area contributed by atoms with Crippen molar-refractivity contribution < 1.29 is 4.79 Å². The lowest BCUT2D eigenvalue weighted by atomic mass is 10.00. The number of rotatable bonds is 5. The topological polar surface area (TPSA) is 32.3 Å². The van der Waals surface area contributed by atoms with Gasteiger partial charge in [0.15, 0.2) is 0 Å². The number of nitrogens with zero attached hydrogens (tertiary/aromatic N) is 1. The van der Waals surface area contributed by atoms with Crippen LogP contribution in [0.25, 0.3) is 0 Å². The van der Waals surface area contributed by atoms with Gasteiger partial charge in [0.05, 0.1) is 0 Å². The van der Waals surface area contributed by atoms with Crippen molar-refractivity contribution in [1.82, 2.24) is 10.2 Å². The molecule has 0 aliphatic carbocycles. The minimum Gasteiger partial charge on any atom is -0.338 e. The van der Waals surface area contributed by atoms with E-state index < -0.39 is 0 Å². The maximum Gasteiger partial charge on any atom is 0.223 e. The predicted octanol–water partition coefficient (Wildman–Crippen LogP) is 2.55. The molecule has 1 N–H and O–H groups in total. The molecule has 1 rings (SSSR count). The molecule has 1 aliphatic heterocycles. The lowest BCUT2D eigenvalue weighted by Gasteiger charge is -2.32. The summed E-state index contributed by atoms with van der Waals surface area (Å²) in [6.07, 6.45) is 5.51. The van der Waals surface area contributed by atoms with Crippen LogP contribution in [-0.4, -0.2) is 35.5 Å². The van der Waals surface area contributed by atoms with Crippen molar-refractivity contribution in [2.75, 3.05) is 6.54 Å². The van der Waals surface area contributed by atoms with Gasteiger partial charge in [0.1, 0.15) is 0 Å². The average Bonchev–Trinajstić information content (AvgIpc) is 2.27. The molecule has 1 heterocycles. The van der Waals surface area contributed by atoms with Gasteiger partial charge in [0.2, 0.25) is 5.91 Å². The van der Waals surface area contributed by atoms with Gasteiger partial charge >= 0.3 is 0 Å². The van der Waals surface area contributed by atoms with E-state index in [1.54, 1.807) is 0 Å². The van der Waals surface area contributed by atoms with Crippen molar-refractivity contribution in [2.24, 2.45) is 0 Å². The first-order chi connectivity index (χ1) is 8.02. The van der Waals surface area contributed by atoms with E-state index in [1.165, 1.54) is 19.3 Å². The Labute approximate surface area is 106 Å². The molecule has 1 aliphatic rings. The Hall–Kier alpha value is -0.570. The van der Waals surface area contributed by atoms with Crippen LogP contribution in [-0.2, 0) is 4.79 Å². The molecule has 3 heteroatoms. The predicted molar refractivity (Wildman–Crippen MR) is 72.0 cm³/mol. The molecule has 0 aromatic heterocycles. The number of amides is 1. The third-order valence-electron chi connectivity index (χ3n) is 3.52. The van der Waals surface area contributed by atoms with Crippen LogP contribution in [0.15, 0.2) is 0 Å². The van der Waals surface area contributed by atoms with Crippen molar-refractivity contribution in [3.63, 3.8) is 0 Å². The molecule has 1 amide bonds. The molecule has 0 spiro atoms. The molecule has 0 saturated carbocycles. The first-order valence-electron chi connectivity index (χ1n) is 7.07. The number of hydrogen-bond acceptors (Lipinski definition) is 2. The fraction of sp³-hybridized carbons (Fsp3) is 0.929. The summed E-state index contributed by atoms with van der Waals surface area (Å²) in [5.74, 6) is 0.308. The molecule has 0 bridgehead atoms. The Morgan fingerprint density at radius 2 is 1.88 bits per heavy atom. The lowest BCUT2D eigenvalue weighted by Crippen LogP contribution is -2.43. The van der Waals surface area contributed by atoms with Gasteiger partial charge in [0.25, 0.3) is 0 Å². The summed E-state index contributed by atoms with van der Waals surface area (Å²) in [6.45, 7) is 9.50. The molecule has 1 atom stereocenters. The quantitative estimate of drug-likeness (QED) is 0.801. The van der Waals surface area contributed by atoms with E-state index in [0.717, 1.165) is 13.0 Å². The molecule has 0 radical (unpaired) electrons. The van der Waals surface area contributed by atoms with Crippen LogP contribution in [0, 0.1) is 0 Å². The van der Waals surface area contributed by atoms with E-state index in [9.17, 15) is 4.79 Å². The zero-order valence-corrected chi connectivity index (χ0v) is 11.8.